The fourth-order valence-electron chi connectivity index (χ4n) is 1.87. The van der Waals surface area contributed by atoms with E-state index < -0.39 is 0 Å². The van der Waals surface area contributed by atoms with E-state index in [1.165, 1.54) is 5.56 Å². The van der Waals surface area contributed by atoms with Gasteiger partial charge in [-0.2, -0.15) is 0 Å². The van der Waals surface area contributed by atoms with Gasteiger partial charge in [0.05, 0.1) is 23.7 Å². The first-order valence-electron chi connectivity index (χ1n) is 5.92. The van der Waals surface area contributed by atoms with Gasteiger partial charge in [0.2, 0.25) is 5.95 Å². The molecular formula is C13H19N3O. The van der Waals surface area contributed by atoms with Crippen LogP contribution in [0, 0.1) is 6.92 Å². The summed E-state index contributed by atoms with van der Waals surface area (Å²) in [5.41, 5.74) is 9.15. The van der Waals surface area contributed by atoms with E-state index in [9.17, 15) is 0 Å². The van der Waals surface area contributed by atoms with Crippen molar-refractivity contribution < 1.29 is 4.74 Å². The van der Waals surface area contributed by atoms with Crippen LogP contribution in [0.25, 0.3) is 11.0 Å². The number of benzene rings is 1. The van der Waals surface area contributed by atoms with Crippen LogP contribution in [0.3, 0.4) is 0 Å². The van der Waals surface area contributed by atoms with Gasteiger partial charge in [-0.15, -0.1) is 0 Å². The van der Waals surface area contributed by atoms with Gasteiger partial charge in [0.25, 0.3) is 0 Å². The van der Waals surface area contributed by atoms with Gasteiger partial charge in [0.1, 0.15) is 0 Å². The zero-order chi connectivity index (χ0) is 12.4. The molecule has 0 radical (unpaired) electrons. The minimum atomic E-state index is 0.243. The van der Waals surface area contributed by atoms with E-state index in [1.807, 2.05) is 30.5 Å². The molecule has 0 unspecified atom stereocenters. The SMILES string of the molecule is Cc1ccc2nc(N)n(CCOC(C)C)c2c1. The molecule has 0 atom stereocenters. The number of ether oxygens (including phenoxy) is 1. The van der Waals surface area contributed by atoms with Crippen molar-refractivity contribution in [1.29, 1.82) is 0 Å². The molecular weight excluding hydrogens is 214 g/mol. The Morgan fingerprint density at radius 2 is 2.18 bits per heavy atom. The predicted molar refractivity (Wildman–Crippen MR) is 70.0 cm³/mol. The first kappa shape index (κ1) is 11.9. The Labute approximate surface area is 101 Å². The van der Waals surface area contributed by atoms with E-state index in [2.05, 4.69) is 18.0 Å². The third-order valence-electron chi connectivity index (χ3n) is 2.70. The number of aryl methyl sites for hydroxylation is 1. The summed E-state index contributed by atoms with van der Waals surface area (Å²) in [4.78, 5) is 4.34. The molecule has 2 N–H and O–H groups in total. The van der Waals surface area contributed by atoms with E-state index in [1.54, 1.807) is 0 Å². The Hall–Kier alpha value is -1.55. The number of hydrogen-bond acceptors (Lipinski definition) is 3. The summed E-state index contributed by atoms with van der Waals surface area (Å²) in [5, 5.41) is 0. The maximum atomic E-state index is 5.92. The first-order valence-corrected chi connectivity index (χ1v) is 5.92. The molecule has 0 aliphatic heterocycles. The van der Waals surface area contributed by atoms with Gasteiger partial charge in [0, 0.05) is 6.54 Å². The highest BCUT2D eigenvalue weighted by atomic mass is 16.5. The van der Waals surface area contributed by atoms with Crippen LogP contribution in [0.15, 0.2) is 18.2 Å². The fraction of sp³-hybridized carbons (Fsp3) is 0.462. The predicted octanol–water partition coefficient (Wildman–Crippen LogP) is 2.35. The van der Waals surface area contributed by atoms with E-state index >= 15 is 0 Å². The maximum absolute atomic E-state index is 5.92. The van der Waals surface area contributed by atoms with Crippen molar-refractivity contribution >= 4 is 17.0 Å². The van der Waals surface area contributed by atoms with Crippen molar-refractivity contribution in [3.63, 3.8) is 0 Å². The molecule has 0 aliphatic carbocycles. The second-order valence-electron chi connectivity index (χ2n) is 4.53. The third-order valence-corrected chi connectivity index (χ3v) is 2.70. The second-order valence-corrected chi connectivity index (χ2v) is 4.53. The number of anilines is 1. The van der Waals surface area contributed by atoms with Crippen molar-refractivity contribution in [3.05, 3.63) is 23.8 Å². The molecule has 0 aliphatic rings. The molecule has 0 spiro atoms. The molecule has 0 saturated heterocycles. The molecule has 1 aromatic heterocycles. The molecule has 17 heavy (non-hydrogen) atoms. The number of nitrogen functional groups attached to an aromatic ring is 1. The van der Waals surface area contributed by atoms with Gasteiger partial charge in [-0.1, -0.05) is 6.07 Å². The van der Waals surface area contributed by atoms with Gasteiger partial charge in [-0.05, 0) is 38.5 Å². The van der Waals surface area contributed by atoms with Crippen LogP contribution in [0.1, 0.15) is 19.4 Å². The Morgan fingerprint density at radius 3 is 2.88 bits per heavy atom. The lowest BCUT2D eigenvalue weighted by Gasteiger charge is -2.10. The topological polar surface area (TPSA) is 53.1 Å². The Kier molecular flexibility index (Phi) is 3.33. The number of fused-ring (bicyclic) bond motifs is 1. The van der Waals surface area contributed by atoms with E-state index in [-0.39, 0.29) is 6.10 Å². The standard InChI is InChI=1S/C13H19N3O/c1-9(2)17-7-6-16-12-8-10(3)4-5-11(12)15-13(16)14/h4-5,8-9H,6-7H2,1-3H3,(H2,14,15). The highest BCUT2D eigenvalue weighted by Gasteiger charge is 2.08. The average Bonchev–Trinajstić information content (AvgIpc) is 2.55. The average molecular weight is 233 g/mol. The second kappa shape index (κ2) is 4.75. The minimum absolute atomic E-state index is 0.243. The van der Waals surface area contributed by atoms with Gasteiger partial charge in [-0.3, -0.25) is 0 Å². The zero-order valence-corrected chi connectivity index (χ0v) is 10.6. The molecule has 0 bridgehead atoms. The van der Waals surface area contributed by atoms with Gasteiger partial charge in [-0.25, -0.2) is 4.98 Å². The van der Waals surface area contributed by atoms with Crippen molar-refractivity contribution in [2.75, 3.05) is 12.3 Å². The maximum Gasteiger partial charge on any atom is 0.201 e. The van der Waals surface area contributed by atoms with E-state index in [4.69, 9.17) is 10.5 Å². The number of aromatic nitrogens is 2. The van der Waals surface area contributed by atoms with Crippen molar-refractivity contribution in [1.82, 2.24) is 9.55 Å². The van der Waals surface area contributed by atoms with E-state index in [0.29, 0.717) is 12.6 Å². The molecule has 4 heteroatoms. The van der Waals surface area contributed by atoms with Crippen LogP contribution in [-0.4, -0.2) is 22.3 Å². The lowest BCUT2D eigenvalue weighted by atomic mass is 10.2. The van der Waals surface area contributed by atoms with Crippen LogP contribution < -0.4 is 5.73 Å². The number of rotatable bonds is 4. The summed E-state index contributed by atoms with van der Waals surface area (Å²) in [5.74, 6) is 0.554. The normalized spacial score (nSPS) is 11.5. The molecule has 1 aromatic carbocycles. The smallest absolute Gasteiger partial charge is 0.201 e. The molecule has 0 saturated carbocycles. The molecule has 2 aromatic rings. The Balaban J connectivity index is 2.26. The molecule has 1 heterocycles. The van der Waals surface area contributed by atoms with Crippen LogP contribution in [0.4, 0.5) is 5.95 Å². The molecule has 92 valence electrons. The minimum Gasteiger partial charge on any atom is -0.377 e. The Bertz CT molecular complexity index is 517. The molecule has 0 amide bonds. The summed E-state index contributed by atoms with van der Waals surface area (Å²) < 4.78 is 7.55. The van der Waals surface area contributed by atoms with Crippen molar-refractivity contribution in [3.8, 4) is 0 Å². The molecule has 2 rings (SSSR count). The summed E-state index contributed by atoms with van der Waals surface area (Å²) in [7, 11) is 0. The number of nitrogens with zero attached hydrogens (tertiary/aromatic N) is 2. The largest absolute Gasteiger partial charge is 0.377 e. The van der Waals surface area contributed by atoms with Gasteiger partial charge >= 0.3 is 0 Å². The number of nitrogens with two attached hydrogens (primary N) is 1. The van der Waals surface area contributed by atoms with Gasteiger partial charge in [0.15, 0.2) is 0 Å². The number of imidazole rings is 1. The highest BCUT2D eigenvalue weighted by Crippen LogP contribution is 2.19. The highest BCUT2D eigenvalue weighted by molar-refractivity contribution is 5.79. The van der Waals surface area contributed by atoms with Crippen LogP contribution in [0.2, 0.25) is 0 Å². The van der Waals surface area contributed by atoms with Crippen LogP contribution >= 0.6 is 0 Å². The monoisotopic (exact) mass is 233 g/mol. The lowest BCUT2D eigenvalue weighted by molar-refractivity contribution is 0.0735. The summed E-state index contributed by atoms with van der Waals surface area (Å²) in [6, 6.07) is 6.15. The molecule has 0 fully saturated rings. The molecule has 4 nitrogen and oxygen atoms in total. The lowest BCUT2D eigenvalue weighted by Crippen LogP contribution is -2.12. The van der Waals surface area contributed by atoms with E-state index in [0.717, 1.165) is 17.6 Å². The third kappa shape index (κ3) is 2.58. The zero-order valence-electron chi connectivity index (χ0n) is 10.6. The fourth-order valence-corrected chi connectivity index (χ4v) is 1.87. The van der Waals surface area contributed by atoms with Crippen molar-refractivity contribution in [2.45, 2.75) is 33.4 Å². The summed E-state index contributed by atoms with van der Waals surface area (Å²) >= 11 is 0. The summed E-state index contributed by atoms with van der Waals surface area (Å²) in [6.07, 6.45) is 0.243. The quantitative estimate of drug-likeness (QED) is 0.882. The summed E-state index contributed by atoms with van der Waals surface area (Å²) in [6.45, 7) is 7.52. The van der Waals surface area contributed by atoms with Gasteiger partial charge < -0.3 is 15.0 Å². The number of hydrogen-bond donors (Lipinski definition) is 1. The van der Waals surface area contributed by atoms with Crippen LogP contribution in [-0.2, 0) is 11.3 Å². The van der Waals surface area contributed by atoms with Crippen LogP contribution in [0.5, 0.6) is 0 Å². The first-order chi connectivity index (χ1) is 8.08. The Morgan fingerprint density at radius 1 is 1.41 bits per heavy atom. The van der Waals surface area contributed by atoms with Crippen molar-refractivity contribution in [2.24, 2.45) is 0 Å².